The third-order valence-corrected chi connectivity index (χ3v) is 21.0. The molecule has 0 unspecified atom stereocenters. The van der Waals surface area contributed by atoms with E-state index in [1.165, 1.54) is 19.2 Å². The number of benzene rings is 6. The van der Waals surface area contributed by atoms with E-state index in [1.54, 1.807) is 130 Å². The Morgan fingerprint density at radius 1 is 0.540 bits per heavy atom. The summed E-state index contributed by atoms with van der Waals surface area (Å²) in [6.07, 6.45) is 2.87. The van der Waals surface area contributed by atoms with Gasteiger partial charge >= 0.3 is 11.7 Å². The van der Waals surface area contributed by atoms with Gasteiger partial charge in [0.25, 0.3) is 0 Å². The van der Waals surface area contributed by atoms with Gasteiger partial charge in [0.2, 0.25) is 47.3 Å². The summed E-state index contributed by atoms with van der Waals surface area (Å²) < 4.78 is 20.6. The molecule has 12 atom stereocenters. The second-order valence-corrected chi connectivity index (χ2v) is 31.4. The number of likely N-dealkylation sites (tertiary alicyclic amines) is 2. The summed E-state index contributed by atoms with van der Waals surface area (Å²) in [5, 5.41) is 58.0. The minimum absolute atomic E-state index is 0.0226. The van der Waals surface area contributed by atoms with Crippen molar-refractivity contribution in [2.45, 2.75) is 180 Å². The zero-order valence-corrected chi connectivity index (χ0v) is 64.6. The average Bonchev–Trinajstić information content (AvgIpc) is 1.65. The highest BCUT2D eigenvalue weighted by Crippen LogP contribution is 2.35. The molecule has 6 aliphatic rings. The predicted molar refractivity (Wildman–Crippen MR) is 414 cm³/mol. The first-order chi connectivity index (χ1) is 53.9. The number of carbonyl (C=O) groups excluding carboxylic acids is 8. The number of H-pyrrole nitrogens is 1. The summed E-state index contributed by atoms with van der Waals surface area (Å²) in [7, 11) is 3.23. The van der Waals surface area contributed by atoms with E-state index >= 15 is 24.0 Å². The number of rotatable bonds is 14. The molecule has 12 bridgehead atoms. The number of aliphatic carboxylic acids is 1. The molecule has 32 heteroatoms. The number of carboxylic acid groups (broad SMARTS) is 1. The van der Waals surface area contributed by atoms with Crippen LogP contribution in [0.15, 0.2) is 155 Å². The van der Waals surface area contributed by atoms with E-state index < -0.39 is 142 Å². The van der Waals surface area contributed by atoms with Crippen LogP contribution in [0, 0.1) is 10.8 Å². The van der Waals surface area contributed by atoms with Crippen molar-refractivity contribution in [2.75, 3.05) is 27.2 Å². The Balaban J connectivity index is 0.882. The summed E-state index contributed by atoms with van der Waals surface area (Å²) in [4.78, 5) is 152. The Labute approximate surface area is 651 Å². The van der Waals surface area contributed by atoms with Crippen molar-refractivity contribution in [1.82, 2.24) is 92.5 Å². The molecule has 2 fully saturated rings. The Kier molecular flexibility index (Phi) is 24.6. The maximum absolute atomic E-state index is 15.5. The smallest absolute Gasteiger partial charge is 0.459 e. The normalized spacial score (nSPS) is 21.4. The van der Waals surface area contributed by atoms with Gasteiger partial charge in [-0.1, -0.05) is 161 Å². The molecule has 0 radical (unpaired) electrons. The Morgan fingerprint density at radius 2 is 0.965 bits per heavy atom. The highest BCUT2D eigenvalue weighted by atomic mass is 16.5. The summed E-state index contributed by atoms with van der Waals surface area (Å²) >= 11 is 0. The lowest BCUT2D eigenvalue weighted by Crippen LogP contribution is -2.60. The quantitative estimate of drug-likeness (QED) is 0.0727. The van der Waals surface area contributed by atoms with Crippen LogP contribution in [-0.2, 0) is 82.0 Å². The second kappa shape index (κ2) is 34.6. The summed E-state index contributed by atoms with van der Waals surface area (Å²) in [6, 6.07) is 27.0. The fourth-order valence-electron chi connectivity index (χ4n) is 14.3. The first-order valence-corrected chi connectivity index (χ1v) is 37.7. The number of hydrogen-bond acceptors (Lipinski definition) is 20. The number of nitrogens with zero attached hydrogens (tertiary/aromatic N) is 9. The van der Waals surface area contributed by atoms with E-state index in [4.69, 9.17) is 14.0 Å². The number of likely N-dealkylation sites (N-methyl/N-ethyl adjacent to an activating group) is 2. The molecule has 0 aliphatic carbocycles. The van der Waals surface area contributed by atoms with Crippen molar-refractivity contribution in [3.63, 3.8) is 0 Å². The molecule has 6 aliphatic heterocycles. The molecule has 3 aromatic heterocycles. The van der Waals surface area contributed by atoms with E-state index in [-0.39, 0.29) is 70.7 Å². The average molecular weight is 1550 g/mol. The molecule has 8 amide bonds. The molecule has 32 nitrogen and oxygen atoms in total. The standard InChI is InChI=1S/C81H96N18O14/c1-45(82-9)70(100)88-67(80(3,4)5)76(106)96-41-57-37-65(96)74(104)85-62(35-49-19-25-51-15-11-13-17-53(51)31-49)72(102)84-61(69-90-79(110)113-93-69)33-47-21-27-59(28-22-47)111-43-55-39-99(94-91-55)58-38-66(97(42-58)77(107)68(81(6,7)8)89-71(101)46(2)83-10)75(105)86-63(36-50-20-26-52-16-12-14-18-54(52)32-50)73(103)87-64(78(108)109)34-48-23-29-60(30-24-48)112-44-56-40-98(57)95-92-56/h11-32,39-40,45-46,57-58,61-68,82-83H,33-38,41-44H2,1-10H3,(H,84,102)(H,85,104)(H,86,105)(H,87,103)(H,88,100)(H,89,101)(H,108,109)(H,90,93,110)/t45-,46-,57-,58-,61-,62-,63-,64-,65-,66-,67+,68+/m0/s1. The van der Waals surface area contributed by atoms with Gasteiger partial charge in [0.05, 0.1) is 42.6 Å². The first kappa shape index (κ1) is 80.3. The Hall–Kier alpha value is -12.2. The number of aromatic nitrogens is 8. The molecule has 594 valence electrons. The van der Waals surface area contributed by atoms with E-state index in [1.807, 2.05) is 84.9 Å². The summed E-state index contributed by atoms with van der Waals surface area (Å²) in [5.74, 6) is -6.57. The number of hydrogen-bond donors (Lipinski definition) is 10. The maximum atomic E-state index is 15.5. The van der Waals surface area contributed by atoms with Crippen LogP contribution in [0.1, 0.15) is 126 Å². The van der Waals surface area contributed by atoms with E-state index in [0.717, 1.165) is 21.5 Å². The van der Waals surface area contributed by atoms with Gasteiger partial charge in [-0.15, -0.1) is 10.2 Å². The monoisotopic (exact) mass is 1540 g/mol. The lowest BCUT2D eigenvalue weighted by molar-refractivity contribution is -0.145. The third kappa shape index (κ3) is 19.6. The Bertz CT molecular complexity index is 5030. The van der Waals surface area contributed by atoms with Gasteiger partial charge < -0.3 is 71.4 Å². The van der Waals surface area contributed by atoms with E-state index in [2.05, 4.69) is 73.3 Å². The third-order valence-electron chi connectivity index (χ3n) is 21.0. The van der Waals surface area contributed by atoms with Crippen LogP contribution in [-0.4, -0.2) is 190 Å². The van der Waals surface area contributed by atoms with Crippen molar-refractivity contribution < 1.29 is 62.3 Å². The lowest BCUT2D eigenvalue weighted by Gasteiger charge is -2.36. The predicted octanol–water partition coefficient (Wildman–Crippen LogP) is 4.25. The molecule has 9 heterocycles. The molecule has 2 saturated heterocycles. The highest BCUT2D eigenvalue weighted by molar-refractivity contribution is 5.98. The topological polar surface area (TPSA) is 415 Å². The van der Waals surface area contributed by atoms with Gasteiger partial charge in [-0.25, -0.2) is 24.1 Å². The maximum Gasteiger partial charge on any atom is 0.459 e. The Morgan fingerprint density at radius 3 is 1.37 bits per heavy atom. The molecule has 10 N–H and O–H groups in total. The highest BCUT2D eigenvalue weighted by Gasteiger charge is 2.49. The van der Waals surface area contributed by atoms with Crippen LogP contribution < -0.4 is 57.8 Å². The number of nitrogens with one attached hydrogen (secondary N) is 9. The fourth-order valence-corrected chi connectivity index (χ4v) is 14.3. The van der Waals surface area contributed by atoms with Crippen LogP contribution in [0.2, 0.25) is 0 Å². The van der Waals surface area contributed by atoms with Crippen LogP contribution in [0.3, 0.4) is 0 Å². The molecule has 113 heavy (non-hydrogen) atoms. The van der Waals surface area contributed by atoms with Crippen molar-refractivity contribution in [2.24, 2.45) is 10.8 Å². The molecule has 0 spiro atoms. The number of amides is 8. The number of aromatic amines is 1. The minimum atomic E-state index is -1.52. The second-order valence-electron chi connectivity index (χ2n) is 31.4. The largest absolute Gasteiger partial charge is 0.487 e. The van der Waals surface area contributed by atoms with Crippen LogP contribution in [0.25, 0.3) is 21.5 Å². The summed E-state index contributed by atoms with van der Waals surface area (Å²) in [6.45, 7) is 13.7. The van der Waals surface area contributed by atoms with Gasteiger partial charge in [-0.2, -0.15) is 4.98 Å². The number of carboxylic acids is 1. The van der Waals surface area contributed by atoms with Crippen LogP contribution in [0.5, 0.6) is 11.5 Å². The molecule has 6 aromatic carbocycles. The number of ether oxygens (including phenoxy) is 2. The van der Waals surface area contributed by atoms with Crippen LogP contribution >= 0.6 is 0 Å². The number of fused-ring (bicyclic) bond motifs is 2. The minimum Gasteiger partial charge on any atom is -0.487 e. The van der Waals surface area contributed by atoms with Gasteiger partial charge in [-0.05, 0) is 113 Å². The number of carbonyl (C=O) groups is 9. The molecule has 9 aromatic rings. The fraction of sp³-hybridized carbons (Fsp3) is 0.420. The summed E-state index contributed by atoms with van der Waals surface area (Å²) in [5.41, 5.74) is 1.39. The zero-order valence-electron chi connectivity index (χ0n) is 64.6. The first-order valence-electron chi connectivity index (χ1n) is 37.7. The van der Waals surface area contributed by atoms with Gasteiger partial charge in [0.1, 0.15) is 78.4 Å². The zero-order chi connectivity index (χ0) is 80.6. The van der Waals surface area contributed by atoms with E-state index in [0.29, 0.717) is 45.1 Å². The molecule has 15 rings (SSSR count). The van der Waals surface area contributed by atoms with Crippen molar-refractivity contribution in [1.29, 1.82) is 0 Å². The van der Waals surface area contributed by atoms with Crippen LogP contribution in [0.4, 0.5) is 0 Å². The SMILES string of the molecule is CN[C@@H](C)C(=O)N[C@H](C(=O)N1C[C@@H]2C[C@H]1C(=O)N[C@@H](Cc1ccc3ccccc3c1)C(=O)N[C@H](C(=O)O)Cc1ccc(cc1)OCc1cn(nn1)[C@H]1C[C@@H](C(=O)N[C@@H](Cc3ccc4ccccc4c3)C(=O)N[C@H](c3nc(=O)o[nH]3)Cc3ccc(cc3)OCc3cn2nn3)N(C(=O)[C@@H](NC(=O)[C@H](C)NC)C(C)(C)C)C1)C(C)(C)C. The molecular weight excluding hydrogens is 1450 g/mol. The lowest BCUT2D eigenvalue weighted by atomic mass is 9.85. The molecular formula is C81H96N18O14. The van der Waals surface area contributed by atoms with Gasteiger partial charge in [0, 0.05) is 45.2 Å². The van der Waals surface area contributed by atoms with Crippen molar-refractivity contribution in [3.05, 3.63) is 196 Å². The van der Waals surface area contributed by atoms with Gasteiger partial charge in [-0.3, -0.25) is 38.4 Å². The van der Waals surface area contributed by atoms with Gasteiger partial charge in [0.15, 0.2) is 5.82 Å². The van der Waals surface area contributed by atoms with Crippen molar-refractivity contribution >= 4 is 74.8 Å². The van der Waals surface area contributed by atoms with E-state index in [9.17, 15) is 29.1 Å². The van der Waals surface area contributed by atoms with Crippen molar-refractivity contribution in [3.8, 4) is 11.5 Å². The molecule has 0 saturated carbocycles.